The van der Waals surface area contributed by atoms with Crippen LogP contribution in [0.15, 0.2) is 46.2 Å². The van der Waals surface area contributed by atoms with Crippen molar-refractivity contribution in [1.29, 1.82) is 0 Å². The van der Waals surface area contributed by atoms with Crippen LogP contribution in [0.4, 0.5) is 0 Å². The van der Waals surface area contributed by atoms with Gasteiger partial charge in [-0.05, 0) is 41.8 Å². The minimum Gasteiger partial charge on any atom is -0.128 e. The number of thioether (sulfide) groups is 2. The predicted octanol–water partition coefficient (Wildman–Crippen LogP) is 5.64. The molecule has 0 heterocycles. The van der Waals surface area contributed by atoms with E-state index in [4.69, 9.17) is 11.6 Å². The molecule has 0 saturated heterocycles. The van der Waals surface area contributed by atoms with Crippen molar-refractivity contribution in [2.75, 3.05) is 12.0 Å². The summed E-state index contributed by atoms with van der Waals surface area (Å²) in [5.74, 6) is 1.06. The highest BCUT2D eigenvalue weighted by Crippen LogP contribution is 2.34. The quantitative estimate of drug-likeness (QED) is 0.669. The first-order valence-electron chi connectivity index (χ1n) is 5.73. The number of rotatable bonds is 4. The van der Waals surface area contributed by atoms with Gasteiger partial charge in [-0.1, -0.05) is 36.7 Å². The smallest absolute Gasteiger partial charge is 0.0547 e. The van der Waals surface area contributed by atoms with E-state index >= 15 is 0 Å². The average Bonchev–Trinajstić information content (AvgIpc) is 2.40. The second kappa shape index (κ2) is 6.55. The minimum atomic E-state index is 0.810. The normalized spacial score (nSPS) is 10.6. The van der Waals surface area contributed by atoms with Gasteiger partial charge in [-0.15, -0.1) is 23.5 Å². The van der Waals surface area contributed by atoms with Crippen molar-refractivity contribution in [3.05, 3.63) is 47.5 Å². The largest absolute Gasteiger partial charge is 0.128 e. The zero-order chi connectivity index (χ0) is 13.0. The summed E-state index contributed by atoms with van der Waals surface area (Å²) in [6, 6.07) is 15.6. The molecule has 0 unspecified atom stereocenters. The van der Waals surface area contributed by atoms with Gasteiger partial charge in [0.15, 0.2) is 0 Å². The molecule has 0 atom stereocenters. The van der Waals surface area contributed by atoms with Crippen molar-refractivity contribution in [3.63, 3.8) is 0 Å². The third-order valence-electron chi connectivity index (χ3n) is 2.56. The Balaban J connectivity index is 2.45. The van der Waals surface area contributed by atoms with E-state index in [0.717, 1.165) is 26.8 Å². The molecule has 0 N–H and O–H groups in total. The van der Waals surface area contributed by atoms with E-state index in [2.05, 4.69) is 31.2 Å². The summed E-state index contributed by atoms with van der Waals surface area (Å²) in [6.45, 7) is 2.16. The van der Waals surface area contributed by atoms with E-state index in [0.29, 0.717) is 0 Å². The predicted molar refractivity (Wildman–Crippen MR) is 83.9 cm³/mol. The van der Waals surface area contributed by atoms with Crippen molar-refractivity contribution >= 4 is 35.1 Å². The molecule has 93 valence electrons. The molecule has 0 aliphatic rings. The van der Waals surface area contributed by atoms with Gasteiger partial charge in [-0.3, -0.25) is 0 Å². The van der Waals surface area contributed by atoms with Gasteiger partial charge in [0.25, 0.3) is 0 Å². The fourth-order valence-electron chi connectivity index (χ4n) is 1.74. The Labute approximate surface area is 122 Å². The van der Waals surface area contributed by atoms with Gasteiger partial charge in [0, 0.05) is 15.4 Å². The van der Waals surface area contributed by atoms with Crippen molar-refractivity contribution in [3.8, 4) is 11.1 Å². The lowest BCUT2D eigenvalue weighted by Crippen LogP contribution is -1.84. The Morgan fingerprint density at radius 2 is 2.06 bits per heavy atom. The van der Waals surface area contributed by atoms with Crippen LogP contribution in [-0.2, 0) is 0 Å². The Morgan fingerprint density at radius 1 is 1.22 bits per heavy atom. The Hall–Kier alpha value is -0.570. The van der Waals surface area contributed by atoms with Crippen molar-refractivity contribution < 1.29 is 0 Å². The van der Waals surface area contributed by atoms with E-state index in [-0.39, 0.29) is 0 Å². The number of halogens is 1. The third-order valence-corrected chi connectivity index (χ3v) is 4.72. The molecule has 3 heteroatoms. The Morgan fingerprint density at radius 3 is 2.72 bits per heavy atom. The van der Waals surface area contributed by atoms with Crippen LogP contribution in [0.2, 0.25) is 5.02 Å². The molecule has 0 spiro atoms. The first-order valence-corrected chi connectivity index (χ1v) is 8.32. The summed E-state index contributed by atoms with van der Waals surface area (Å²) < 4.78 is 0. The van der Waals surface area contributed by atoms with E-state index in [9.17, 15) is 0 Å². The van der Waals surface area contributed by atoms with Crippen LogP contribution in [0.5, 0.6) is 0 Å². The fraction of sp³-hybridized carbons (Fsp3) is 0.200. The van der Waals surface area contributed by atoms with Crippen molar-refractivity contribution in [2.24, 2.45) is 0 Å². The molecular weight excluding hydrogens is 280 g/mol. The summed E-state index contributed by atoms with van der Waals surface area (Å²) in [5.41, 5.74) is 2.27. The van der Waals surface area contributed by atoms with Crippen LogP contribution in [0.25, 0.3) is 11.1 Å². The van der Waals surface area contributed by atoms with Gasteiger partial charge in [0.05, 0.1) is 5.02 Å². The van der Waals surface area contributed by atoms with Gasteiger partial charge in [-0.25, -0.2) is 0 Å². The molecule has 0 aliphatic heterocycles. The second-order valence-corrected chi connectivity index (χ2v) is 6.25. The molecule has 2 aromatic carbocycles. The first-order chi connectivity index (χ1) is 8.76. The van der Waals surface area contributed by atoms with Crippen LogP contribution < -0.4 is 0 Å². The lowest BCUT2D eigenvalue weighted by Gasteiger charge is -2.09. The maximum Gasteiger partial charge on any atom is 0.0547 e. The highest BCUT2D eigenvalue weighted by molar-refractivity contribution is 7.99. The van der Waals surface area contributed by atoms with Crippen molar-refractivity contribution in [2.45, 2.75) is 16.7 Å². The first kappa shape index (κ1) is 13.9. The van der Waals surface area contributed by atoms with Gasteiger partial charge < -0.3 is 0 Å². The second-order valence-electron chi connectivity index (χ2n) is 3.69. The summed E-state index contributed by atoms with van der Waals surface area (Å²) >= 11 is 9.77. The molecule has 0 bridgehead atoms. The third kappa shape index (κ3) is 3.05. The number of benzene rings is 2. The van der Waals surface area contributed by atoms with E-state index < -0.39 is 0 Å². The van der Waals surface area contributed by atoms with Crippen molar-refractivity contribution in [1.82, 2.24) is 0 Å². The van der Waals surface area contributed by atoms with Crippen LogP contribution in [0.1, 0.15) is 6.92 Å². The van der Waals surface area contributed by atoms with Gasteiger partial charge >= 0.3 is 0 Å². The molecule has 2 aromatic rings. The zero-order valence-corrected chi connectivity index (χ0v) is 12.8. The lowest BCUT2D eigenvalue weighted by molar-refractivity contribution is 1.39. The monoisotopic (exact) mass is 293 g/mol. The molecule has 0 fully saturated rings. The Kier molecular flexibility index (Phi) is 5.04. The van der Waals surface area contributed by atoms with Crippen LogP contribution in [0, 0.1) is 6.07 Å². The summed E-state index contributed by atoms with van der Waals surface area (Å²) in [7, 11) is 0. The molecule has 1 radical (unpaired) electrons. The number of hydrogen-bond acceptors (Lipinski definition) is 2. The standard InChI is InChI=1S/C15H14ClS2/c1-3-18-14-7-5-4-6-12(14)11-8-9-15(17-2)13(16)10-11/h4-5,7-10H,3H2,1-2H3. The lowest BCUT2D eigenvalue weighted by atomic mass is 10.1. The molecule has 18 heavy (non-hydrogen) atoms. The molecule has 0 aliphatic carbocycles. The average molecular weight is 294 g/mol. The van der Waals surface area contributed by atoms with Gasteiger partial charge in [0.2, 0.25) is 0 Å². The van der Waals surface area contributed by atoms with Crippen LogP contribution >= 0.6 is 35.1 Å². The molecule has 2 rings (SSSR count). The maximum absolute atomic E-state index is 6.27. The highest BCUT2D eigenvalue weighted by atomic mass is 35.5. The SMILES string of the molecule is CCSc1ccc[c]c1-c1ccc(SC)c(Cl)c1. The zero-order valence-electron chi connectivity index (χ0n) is 10.4. The molecule has 0 aromatic heterocycles. The van der Waals surface area contributed by atoms with Crippen LogP contribution in [0.3, 0.4) is 0 Å². The van der Waals surface area contributed by atoms with Gasteiger partial charge in [-0.2, -0.15) is 0 Å². The van der Waals surface area contributed by atoms with E-state index in [1.54, 1.807) is 11.8 Å². The van der Waals surface area contributed by atoms with Gasteiger partial charge in [0.1, 0.15) is 0 Å². The summed E-state index contributed by atoms with van der Waals surface area (Å²) in [5, 5.41) is 0.810. The highest BCUT2D eigenvalue weighted by Gasteiger charge is 2.07. The molecule has 0 saturated carbocycles. The van der Waals surface area contributed by atoms with E-state index in [1.807, 2.05) is 36.2 Å². The minimum absolute atomic E-state index is 0.810. The Bertz CT molecular complexity index is 538. The van der Waals surface area contributed by atoms with Crippen LogP contribution in [-0.4, -0.2) is 12.0 Å². The maximum atomic E-state index is 6.27. The summed E-state index contributed by atoms with van der Waals surface area (Å²) in [4.78, 5) is 2.37. The molecule has 0 amide bonds. The molecule has 0 nitrogen and oxygen atoms in total. The molecular formula is C15H14ClS2. The topological polar surface area (TPSA) is 0 Å². The fourth-order valence-corrected chi connectivity index (χ4v) is 3.42. The van der Waals surface area contributed by atoms with E-state index in [1.165, 1.54) is 4.90 Å². The summed E-state index contributed by atoms with van der Waals surface area (Å²) in [6.07, 6.45) is 2.04. The number of hydrogen-bond donors (Lipinski definition) is 0.